The zero-order valence-corrected chi connectivity index (χ0v) is 16.2. The van der Waals surface area contributed by atoms with Crippen LogP contribution >= 0.6 is 23.2 Å². The van der Waals surface area contributed by atoms with Crippen molar-refractivity contribution in [1.82, 2.24) is 5.43 Å². The molecular formula is C22H16Cl2N2O2. The van der Waals surface area contributed by atoms with Crippen LogP contribution in [-0.4, -0.2) is 17.4 Å². The van der Waals surface area contributed by atoms with Gasteiger partial charge in [0.2, 0.25) is 0 Å². The predicted octanol–water partition coefficient (Wildman–Crippen LogP) is 5.40. The van der Waals surface area contributed by atoms with E-state index in [1.807, 2.05) is 36.4 Å². The first-order chi connectivity index (χ1) is 13.5. The van der Waals surface area contributed by atoms with Gasteiger partial charge in [-0.05, 0) is 23.8 Å². The fourth-order valence-electron chi connectivity index (χ4n) is 2.57. The van der Waals surface area contributed by atoms with Crippen molar-refractivity contribution >= 4 is 40.6 Å². The van der Waals surface area contributed by atoms with E-state index in [0.29, 0.717) is 16.3 Å². The molecule has 28 heavy (non-hydrogen) atoms. The maximum Gasteiger partial charge on any atom is 0.272 e. The van der Waals surface area contributed by atoms with Crippen molar-refractivity contribution in [3.8, 4) is 0 Å². The van der Waals surface area contributed by atoms with Gasteiger partial charge in [0.1, 0.15) is 0 Å². The molecule has 3 aromatic rings. The maximum absolute atomic E-state index is 12.6. The molecule has 3 aromatic carbocycles. The lowest BCUT2D eigenvalue weighted by molar-refractivity contribution is 0.0951. The Morgan fingerprint density at radius 2 is 1.43 bits per heavy atom. The van der Waals surface area contributed by atoms with Gasteiger partial charge in [-0.15, -0.1) is 0 Å². The van der Waals surface area contributed by atoms with Crippen LogP contribution in [0.3, 0.4) is 0 Å². The number of hydrogen-bond acceptors (Lipinski definition) is 3. The van der Waals surface area contributed by atoms with Crippen molar-refractivity contribution in [3.05, 3.63) is 106 Å². The van der Waals surface area contributed by atoms with Gasteiger partial charge in [-0.25, -0.2) is 5.43 Å². The normalized spacial score (nSPS) is 11.1. The highest BCUT2D eigenvalue weighted by molar-refractivity contribution is 6.36. The second-order valence-electron chi connectivity index (χ2n) is 5.96. The topological polar surface area (TPSA) is 58.5 Å². The molecule has 0 aliphatic heterocycles. The Morgan fingerprint density at radius 1 is 0.821 bits per heavy atom. The van der Waals surface area contributed by atoms with Crippen LogP contribution in [0.4, 0.5) is 0 Å². The summed E-state index contributed by atoms with van der Waals surface area (Å²) in [6.07, 6.45) is 0.0443. The standard InChI is InChI=1S/C22H16Cl2N2O2/c23-17-11-12-18(19(24)13-17)22(28)26-25-20(15-7-3-1-4-8-15)14-21(27)16-9-5-2-6-10-16/h1-13H,14H2,(H,26,28). The van der Waals surface area contributed by atoms with Crippen molar-refractivity contribution < 1.29 is 9.59 Å². The van der Waals surface area contributed by atoms with Crippen molar-refractivity contribution in [3.63, 3.8) is 0 Å². The SMILES string of the molecule is O=C(CC(=NNC(=O)c1ccc(Cl)cc1Cl)c1ccccc1)c1ccccc1. The number of benzene rings is 3. The average Bonchev–Trinajstić information content (AvgIpc) is 2.72. The zero-order valence-electron chi connectivity index (χ0n) is 14.7. The molecule has 0 radical (unpaired) electrons. The molecule has 0 fully saturated rings. The Hall–Kier alpha value is -2.95. The second-order valence-corrected chi connectivity index (χ2v) is 6.80. The van der Waals surface area contributed by atoms with Gasteiger partial charge in [0.05, 0.1) is 22.7 Å². The number of carbonyl (C=O) groups is 2. The van der Waals surface area contributed by atoms with Crippen LogP contribution in [0, 0.1) is 0 Å². The highest BCUT2D eigenvalue weighted by atomic mass is 35.5. The smallest absolute Gasteiger partial charge is 0.272 e. The van der Waals surface area contributed by atoms with Crippen LogP contribution in [0.2, 0.25) is 10.0 Å². The van der Waals surface area contributed by atoms with E-state index in [0.717, 1.165) is 5.56 Å². The summed E-state index contributed by atoms with van der Waals surface area (Å²) in [6, 6.07) is 22.7. The van der Waals surface area contributed by atoms with Crippen molar-refractivity contribution in [2.24, 2.45) is 5.10 Å². The van der Waals surface area contributed by atoms with Crippen LogP contribution in [0.25, 0.3) is 0 Å². The molecule has 0 aliphatic carbocycles. The molecule has 0 aromatic heterocycles. The summed E-state index contributed by atoms with van der Waals surface area (Å²) in [7, 11) is 0. The summed E-state index contributed by atoms with van der Waals surface area (Å²) < 4.78 is 0. The number of hydrogen-bond donors (Lipinski definition) is 1. The summed E-state index contributed by atoms with van der Waals surface area (Å²) in [6.45, 7) is 0. The lowest BCUT2D eigenvalue weighted by Crippen LogP contribution is -2.21. The third-order valence-corrected chi connectivity index (χ3v) is 4.55. The number of Topliss-reactive ketones (excluding diaryl/α,β-unsaturated/α-hetero) is 1. The van der Waals surface area contributed by atoms with Crippen LogP contribution < -0.4 is 5.43 Å². The number of nitrogens with zero attached hydrogens (tertiary/aromatic N) is 1. The molecule has 1 N–H and O–H groups in total. The van der Waals surface area contributed by atoms with E-state index in [9.17, 15) is 9.59 Å². The number of carbonyl (C=O) groups excluding carboxylic acids is 2. The molecule has 0 spiro atoms. The maximum atomic E-state index is 12.6. The zero-order chi connectivity index (χ0) is 19.9. The van der Waals surface area contributed by atoms with Gasteiger partial charge in [0.25, 0.3) is 5.91 Å². The minimum absolute atomic E-state index is 0.0443. The number of halogens is 2. The molecule has 4 nitrogen and oxygen atoms in total. The molecule has 0 heterocycles. The van der Waals surface area contributed by atoms with Gasteiger partial charge < -0.3 is 0 Å². The number of nitrogens with one attached hydrogen (secondary N) is 1. The molecule has 0 unspecified atom stereocenters. The molecule has 0 atom stereocenters. The van der Waals surface area contributed by atoms with Crippen LogP contribution in [0.15, 0.2) is 84.0 Å². The summed E-state index contributed by atoms with van der Waals surface area (Å²) in [5.74, 6) is -0.579. The largest absolute Gasteiger partial charge is 0.294 e. The van der Waals surface area contributed by atoms with Crippen LogP contribution in [0.5, 0.6) is 0 Å². The van der Waals surface area contributed by atoms with Crippen LogP contribution in [0.1, 0.15) is 32.7 Å². The van der Waals surface area contributed by atoms with Crippen molar-refractivity contribution in [2.45, 2.75) is 6.42 Å². The molecule has 0 aliphatic rings. The van der Waals surface area contributed by atoms with Gasteiger partial charge in [-0.3, -0.25) is 9.59 Å². The quantitative estimate of drug-likeness (QED) is 0.335. The number of hydrazone groups is 1. The molecule has 0 saturated heterocycles. The third-order valence-electron chi connectivity index (χ3n) is 4.00. The average molecular weight is 411 g/mol. The first-order valence-corrected chi connectivity index (χ1v) is 9.26. The Bertz CT molecular complexity index is 1020. The van der Waals surface area contributed by atoms with E-state index in [1.54, 1.807) is 30.3 Å². The highest BCUT2D eigenvalue weighted by Crippen LogP contribution is 2.21. The predicted molar refractivity (Wildman–Crippen MR) is 112 cm³/mol. The minimum Gasteiger partial charge on any atom is -0.294 e. The highest BCUT2D eigenvalue weighted by Gasteiger charge is 2.14. The summed E-state index contributed by atoms with van der Waals surface area (Å²) in [4.78, 5) is 25.0. The van der Waals surface area contributed by atoms with Gasteiger partial charge in [-0.2, -0.15) is 5.10 Å². The van der Waals surface area contributed by atoms with E-state index in [4.69, 9.17) is 23.2 Å². The van der Waals surface area contributed by atoms with Crippen LogP contribution in [-0.2, 0) is 0 Å². The summed E-state index contributed by atoms with van der Waals surface area (Å²) in [5.41, 5.74) is 4.51. The van der Waals surface area contributed by atoms with Gasteiger partial charge >= 0.3 is 0 Å². The van der Waals surface area contributed by atoms with E-state index in [1.165, 1.54) is 12.1 Å². The minimum atomic E-state index is -0.484. The van der Waals surface area contributed by atoms with E-state index < -0.39 is 5.91 Å². The first-order valence-electron chi connectivity index (χ1n) is 8.50. The Balaban J connectivity index is 1.84. The molecule has 6 heteroatoms. The Labute approximate surface area is 172 Å². The molecule has 140 valence electrons. The number of ketones is 1. The molecular weight excluding hydrogens is 395 g/mol. The third kappa shape index (κ3) is 5.06. The molecule has 1 amide bonds. The summed E-state index contributed by atoms with van der Waals surface area (Å²) >= 11 is 11.9. The van der Waals surface area contributed by atoms with E-state index >= 15 is 0 Å². The van der Waals surface area contributed by atoms with Gasteiger partial charge in [0.15, 0.2) is 5.78 Å². The molecule has 0 saturated carbocycles. The van der Waals surface area contributed by atoms with E-state index in [2.05, 4.69) is 10.5 Å². The number of amides is 1. The monoisotopic (exact) mass is 410 g/mol. The summed E-state index contributed by atoms with van der Waals surface area (Å²) in [5, 5.41) is 4.86. The lowest BCUT2D eigenvalue weighted by atomic mass is 10.0. The van der Waals surface area contributed by atoms with E-state index in [-0.39, 0.29) is 22.8 Å². The van der Waals surface area contributed by atoms with Crippen molar-refractivity contribution in [1.29, 1.82) is 0 Å². The molecule has 0 bridgehead atoms. The fourth-order valence-corrected chi connectivity index (χ4v) is 3.06. The first kappa shape index (κ1) is 19.8. The fraction of sp³-hybridized carbons (Fsp3) is 0.0455. The Morgan fingerprint density at radius 3 is 2.04 bits per heavy atom. The molecule has 3 rings (SSSR count). The lowest BCUT2D eigenvalue weighted by Gasteiger charge is -2.08. The van der Waals surface area contributed by atoms with Gasteiger partial charge in [0, 0.05) is 10.6 Å². The van der Waals surface area contributed by atoms with Gasteiger partial charge in [-0.1, -0.05) is 83.9 Å². The number of rotatable bonds is 6. The van der Waals surface area contributed by atoms with Crippen molar-refractivity contribution in [2.75, 3.05) is 0 Å². The second kappa shape index (κ2) is 9.31. The Kier molecular flexibility index (Phi) is 6.58.